The SMILES string of the molecule is CCCCCCOc1ccc(C(=O)Oc2ccc3ccccc3c2)cc1Br. The highest BCUT2D eigenvalue weighted by Gasteiger charge is 2.12. The van der Waals surface area contributed by atoms with Crippen molar-refractivity contribution in [3.8, 4) is 11.5 Å². The molecule has 0 spiro atoms. The predicted octanol–water partition coefficient (Wildman–Crippen LogP) is 6.78. The van der Waals surface area contributed by atoms with Gasteiger partial charge in [-0.05, 0) is 63.5 Å². The van der Waals surface area contributed by atoms with E-state index in [0.717, 1.165) is 27.4 Å². The Balaban J connectivity index is 1.63. The number of hydrogen-bond acceptors (Lipinski definition) is 3. The molecule has 140 valence electrons. The third-order valence-electron chi connectivity index (χ3n) is 4.35. The second-order valence-corrected chi connectivity index (χ2v) is 7.31. The minimum Gasteiger partial charge on any atom is -0.492 e. The molecular formula is C23H23BrO3. The average molecular weight is 427 g/mol. The number of unbranched alkanes of at least 4 members (excludes halogenated alkanes) is 3. The summed E-state index contributed by atoms with van der Waals surface area (Å²) in [5.74, 6) is 0.889. The highest BCUT2D eigenvalue weighted by Crippen LogP contribution is 2.27. The normalized spacial score (nSPS) is 10.7. The van der Waals surface area contributed by atoms with E-state index in [9.17, 15) is 4.79 Å². The summed E-state index contributed by atoms with van der Waals surface area (Å²) in [6.45, 7) is 2.87. The van der Waals surface area contributed by atoms with Crippen molar-refractivity contribution in [2.24, 2.45) is 0 Å². The first-order chi connectivity index (χ1) is 13.2. The highest BCUT2D eigenvalue weighted by atomic mass is 79.9. The first kappa shape index (κ1) is 19.4. The Bertz CT molecular complexity index is 920. The molecule has 0 amide bonds. The van der Waals surface area contributed by atoms with E-state index >= 15 is 0 Å². The van der Waals surface area contributed by atoms with Gasteiger partial charge in [-0.3, -0.25) is 0 Å². The maximum atomic E-state index is 12.5. The van der Waals surface area contributed by atoms with Crippen LogP contribution in [0.25, 0.3) is 10.8 Å². The second kappa shape index (κ2) is 9.56. The van der Waals surface area contributed by atoms with E-state index < -0.39 is 0 Å². The number of fused-ring (bicyclic) bond motifs is 1. The monoisotopic (exact) mass is 426 g/mol. The number of carbonyl (C=O) groups is 1. The lowest BCUT2D eigenvalue weighted by Crippen LogP contribution is -2.08. The van der Waals surface area contributed by atoms with Crippen molar-refractivity contribution < 1.29 is 14.3 Å². The Morgan fingerprint density at radius 3 is 2.52 bits per heavy atom. The molecule has 0 N–H and O–H groups in total. The van der Waals surface area contributed by atoms with Crippen molar-refractivity contribution in [2.75, 3.05) is 6.61 Å². The zero-order chi connectivity index (χ0) is 19.1. The molecule has 27 heavy (non-hydrogen) atoms. The lowest BCUT2D eigenvalue weighted by Gasteiger charge is -2.10. The third-order valence-corrected chi connectivity index (χ3v) is 4.97. The van der Waals surface area contributed by atoms with Gasteiger partial charge in [0.05, 0.1) is 16.6 Å². The van der Waals surface area contributed by atoms with Crippen LogP contribution in [0.4, 0.5) is 0 Å². The van der Waals surface area contributed by atoms with Gasteiger partial charge in [0, 0.05) is 0 Å². The molecule has 0 atom stereocenters. The van der Waals surface area contributed by atoms with Gasteiger partial charge in [-0.1, -0.05) is 56.5 Å². The van der Waals surface area contributed by atoms with E-state index in [-0.39, 0.29) is 5.97 Å². The summed E-state index contributed by atoms with van der Waals surface area (Å²) < 4.78 is 12.1. The molecular weight excluding hydrogens is 404 g/mol. The van der Waals surface area contributed by atoms with Crippen LogP contribution in [0.2, 0.25) is 0 Å². The fourth-order valence-corrected chi connectivity index (χ4v) is 3.35. The summed E-state index contributed by atoms with van der Waals surface area (Å²) in [5, 5.41) is 2.15. The maximum Gasteiger partial charge on any atom is 0.343 e. The van der Waals surface area contributed by atoms with Gasteiger partial charge in [0.15, 0.2) is 0 Å². The van der Waals surface area contributed by atoms with E-state index in [1.165, 1.54) is 19.3 Å². The topological polar surface area (TPSA) is 35.5 Å². The van der Waals surface area contributed by atoms with E-state index in [4.69, 9.17) is 9.47 Å². The van der Waals surface area contributed by atoms with Crippen LogP contribution in [-0.4, -0.2) is 12.6 Å². The molecule has 0 aliphatic carbocycles. The number of benzene rings is 3. The molecule has 3 aromatic carbocycles. The van der Waals surface area contributed by atoms with Crippen molar-refractivity contribution in [3.05, 3.63) is 70.7 Å². The predicted molar refractivity (Wildman–Crippen MR) is 113 cm³/mol. The molecule has 0 aliphatic heterocycles. The Morgan fingerprint density at radius 2 is 1.74 bits per heavy atom. The number of esters is 1. The van der Waals surface area contributed by atoms with Crippen LogP contribution in [0, 0.1) is 0 Å². The third kappa shape index (κ3) is 5.33. The molecule has 4 heteroatoms. The van der Waals surface area contributed by atoms with Crippen molar-refractivity contribution >= 4 is 32.7 Å². The van der Waals surface area contributed by atoms with Crippen LogP contribution < -0.4 is 9.47 Å². The number of carbonyl (C=O) groups excluding carboxylic acids is 1. The average Bonchev–Trinajstić information content (AvgIpc) is 2.68. The van der Waals surface area contributed by atoms with Gasteiger partial charge in [0.2, 0.25) is 0 Å². The van der Waals surface area contributed by atoms with Gasteiger partial charge in [-0.15, -0.1) is 0 Å². The Labute approximate surface area is 168 Å². The smallest absolute Gasteiger partial charge is 0.343 e. The fourth-order valence-electron chi connectivity index (χ4n) is 2.85. The Morgan fingerprint density at radius 1 is 0.926 bits per heavy atom. The molecule has 0 aromatic heterocycles. The molecule has 0 bridgehead atoms. The summed E-state index contributed by atoms with van der Waals surface area (Å²) >= 11 is 3.48. The summed E-state index contributed by atoms with van der Waals surface area (Å²) in [7, 11) is 0. The number of rotatable bonds is 8. The molecule has 0 saturated heterocycles. The largest absolute Gasteiger partial charge is 0.492 e. The van der Waals surface area contributed by atoms with Gasteiger partial charge in [0.1, 0.15) is 11.5 Å². The van der Waals surface area contributed by atoms with Crippen LogP contribution in [0.15, 0.2) is 65.1 Å². The molecule has 3 nitrogen and oxygen atoms in total. The van der Waals surface area contributed by atoms with Crippen LogP contribution in [0.3, 0.4) is 0 Å². The quantitative estimate of drug-likeness (QED) is 0.226. The molecule has 0 heterocycles. The number of ether oxygens (including phenoxy) is 2. The van der Waals surface area contributed by atoms with Gasteiger partial charge in [-0.2, -0.15) is 0 Å². The van der Waals surface area contributed by atoms with E-state index in [1.54, 1.807) is 18.2 Å². The standard InChI is InChI=1S/C23H23BrO3/c1-2-3-4-7-14-26-22-13-11-19(16-21(22)24)23(25)27-20-12-10-17-8-5-6-9-18(17)15-20/h5-6,8-13,15-16H,2-4,7,14H2,1H3. The molecule has 0 saturated carbocycles. The molecule has 0 radical (unpaired) electrons. The molecule has 0 unspecified atom stereocenters. The lowest BCUT2D eigenvalue weighted by molar-refractivity contribution is 0.0735. The Hall–Kier alpha value is -2.33. The van der Waals surface area contributed by atoms with Crippen LogP contribution >= 0.6 is 15.9 Å². The van der Waals surface area contributed by atoms with Gasteiger partial charge in [0.25, 0.3) is 0 Å². The first-order valence-electron chi connectivity index (χ1n) is 9.30. The maximum absolute atomic E-state index is 12.5. The second-order valence-electron chi connectivity index (χ2n) is 6.45. The van der Waals surface area contributed by atoms with E-state index in [1.807, 2.05) is 42.5 Å². The fraction of sp³-hybridized carbons (Fsp3) is 0.261. The van der Waals surface area contributed by atoms with Gasteiger partial charge in [-0.25, -0.2) is 4.79 Å². The Kier molecular flexibility index (Phi) is 6.88. The van der Waals surface area contributed by atoms with Crippen molar-refractivity contribution in [1.82, 2.24) is 0 Å². The summed E-state index contributed by atoms with van der Waals surface area (Å²) in [6, 6.07) is 18.9. The van der Waals surface area contributed by atoms with Crippen molar-refractivity contribution in [2.45, 2.75) is 32.6 Å². The summed E-state index contributed by atoms with van der Waals surface area (Å²) in [6.07, 6.45) is 4.64. The number of hydrogen-bond donors (Lipinski definition) is 0. The first-order valence-corrected chi connectivity index (χ1v) is 10.1. The number of halogens is 1. The van der Waals surface area contributed by atoms with Crippen molar-refractivity contribution in [3.63, 3.8) is 0 Å². The van der Waals surface area contributed by atoms with Crippen LogP contribution in [0.5, 0.6) is 11.5 Å². The summed E-state index contributed by atoms with van der Waals surface area (Å²) in [4.78, 5) is 12.5. The van der Waals surface area contributed by atoms with E-state index in [2.05, 4.69) is 22.9 Å². The lowest BCUT2D eigenvalue weighted by atomic mass is 10.1. The van der Waals surface area contributed by atoms with Gasteiger partial charge < -0.3 is 9.47 Å². The van der Waals surface area contributed by atoms with E-state index in [0.29, 0.717) is 17.9 Å². The minimum atomic E-state index is -0.388. The van der Waals surface area contributed by atoms with Crippen LogP contribution in [0.1, 0.15) is 43.0 Å². The minimum absolute atomic E-state index is 0.388. The molecule has 0 fully saturated rings. The summed E-state index contributed by atoms with van der Waals surface area (Å²) in [5.41, 5.74) is 0.480. The highest BCUT2D eigenvalue weighted by molar-refractivity contribution is 9.10. The zero-order valence-electron chi connectivity index (χ0n) is 15.4. The zero-order valence-corrected chi connectivity index (χ0v) is 17.0. The van der Waals surface area contributed by atoms with Crippen LogP contribution in [-0.2, 0) is 0 Å². The van der Waals surface area contributed by atoms with Gasteiger partial charge >= 0.3 is 5.97 Å². The molecule has 0 aliphatic rings. The van der Waals surface area contributed by atoms with Crippen molar-refractivity contribution in [1.29, 1.82) is 0 Å². The molecule has 3 rings (SSSR count). The molecule has 3 aromatic rings.